The molecule has 0 spiro atoms. The molecule has 1 aliphatic carbocycles. The van der Waals surface area contributed by atoms with Gasteiger partial charge in [0.15, 0.2) is 0 Å². The number of amides is 2. The molecule has 1 fully saturated rings. The van der Waals surface area contributed by atoms with Gasteiger partial charge in [-0.1, -0.05) is 12.1 Å². The summed E-state index contributed by atoms with van der Waals surface area (Å²) in [6.45, 7) is 0.275. The van der Waals surface area contributed by atoms with Gasteiger partial charge < -0.3 is 15.6 Å². The molecule has 3 aromatic rings. The summed E-state index contributed by atoms with van der Waals surface area (Å²) in [7, 11) is 0. The van der Waals surface area contributed by atoms with Crippen molar-refractivity contribution in [2.75, 3.05) is 0 Å². The van der Waals surface area contributed by atoms with Crippen LogP contribution < -0.4 is 11.1 Å². The van der Waals surface area contributed by atoms with Gasteiger partial charge in [-0.05, 0) is 54.8 Å². The quantitative estimate of drug-likeness (QED) is 0.669. The fraction of sp³-hybridized carbons (Fsp3) is 0.190. The molecule has 140 valence electrons. The molecule has 6 nitrogen and oxygen atoms in total. The number of primary amides is 1. The van der Waals surface area contributed by atoms with Crippen molar-refractivity contribution in [1.29, 1.82) is 5.26 Å². The number of carbonyl (C=O) groups excluding carboxylic acids is 2. The zero-order valence-electron chi connectivity index (χ0n) is 14.9. The molecule has 0 aliphatic heterocycles. The minimum atomic E-state index is -1.04. The zero-order valence-corrected chi connectivity index (χ0v) is 14.9. The van der Waals surface area contributed by atoms with Crippen LogP contribution in [0.2, 0.25) is 0 Å². The average Bonchev–Trinajstić information content (AvgIpc) is 3.43. The summed E-state index contributed by atoms with van der Waals surface area (Å²) in [6, 6.07) is 15.5. The van der Waals surface area contributed by atoms with E-state index in [-0.39, 0.29) is 18.3 Å². The van der Waals surface area contributed by atoms with Gasteiger partial charge in [0.1, 0.15) is 23.0 Å². The molecule has 2 aromatic carbocycles. The number of nitrogens with zero attached hydrogens (tertiary/aromatic N) is 2. The fourth-order valence-corrected chi connectivity index (χ4v) is 3.37. The Morgan fingerprint density at radius 3 is 2.50 bits per heavy atom. The highest BCUT2D eigenvalue weighted by Crippen LogP contribution is 2.45. The molecular weight excluding hydrogens is 359 g/mol. The molecule has 28 heavy (non-hydrogen) atoms. The van der Waals surface area contributed by atoms with E-state index in [1.165, 1.54) is 12.1 Å². The predicted molar refractivity (Wildman–Crippen MR) is 101 cm³/mol. The van der Waals surface area contributed by atoms with E-state index < -0.39 is 11.3 Å². The van der Waals surface area contributed by atoms with Crippen molar-refractivity contribution in [1.82, 2.24) is 9.88 Å². The van der Waals surface area contributed by atoms with Crippen molar-refractivity contribution in [3.8, 4) is 11.8 Å². The summed E-state index contributed by atoms with van der Waals surface area (Å²) in [5.74, 6) is -1.28. The Balaban J connectivity index is 1.56. The van der Waals surface area contributed by atoms with Gasteiger partial charge in [0.2, 0.25) is 11.8 Å². The molecule has 0 atom stereocenters. The normalized spacial score (nSPS) is 14.4. The minimum absolute atomic E-state index is 0.275. The number of fused-ring (bicyclic) bond motifs is 1. The molecule has 1 heterocycles. The molecule has 1 saturated carbocycles. The second kappa shape index (κ2) is 6.50. The molecule has 4 rings (SSSR count). The summed E-state index contributed by atoms with van der Waals surface area (Å²) in [5, 5.41) is 12.8. The van der Waals surface area contributed by atoms with Crippen LogP contribution in [-0.4, -0.2) is 16.4 Å². The molecule has 2 amide bonds. The number of carbonyl (C=O) groups is 2. The van der Waals surface area contributed by atoms with Crippen LogP contribution in [0.25, 0.3) is 16.6 Å². The SMILES string of the molecule is N#Cc1cc2cc(F)ccc2n1-c1ccc(CNC(=O)C2(C(N)=O)CC2)cc1. The van der Waals surface area contributed by atoms with Crippen molar-refractivity contribution in [2.45, 2.75) is 19.4 Å². The Morgan fingerprint density at radius 2 is 1.89 bits per heavy atom. The molecule has 1 aromatic heterocycles. The van der Waals surface area contributed by atoms with E-state index in [2.05, 4.69) is 11.4 Å². The largest absolute Gasteiger partial charge is 0.369 e. The number of aromatic nitrogens is 1. The summed E-state index contributed by atoms with van der Waals surface area (Å²) < 4.78 is 15.2. The van der Waals surface area contributed by atoms with Crippen LogP contribution >= 0.6 is 0 Å². The number of halogens is 1. The van der Waals surface area contributed by atoms with E-state index in [0.29, 0.717) is 23.9 Å². The minimum Gasteiger partial charge on any atom is -0.369 e. The maximum absolute atomic E-state index is 13.5. The van der Waals surface area contributed by atoms with Crippen LogP contribution in [0.5, 0.6) is 0 Å². The van der Waals surface area contributed by atoms with E-state index in [1.54, 1.807) is 16.7 Å². The van der Waals surface area contributed by atoms with Crippen molar-refractivity contribution < 1.29 is 14.0 Å². The van der Waals surface area contributed by atoms with Crippen LogP contribution in [0.3, 0.4) is 0 Å². The number of nitriles is 1. The summed E-state index contributed by atoms with van der Waals surface area (Å²) >= 11 is 0. The lowest BCUT2D eigenvalue weighted by Crippen LogP contribution is -2.40. The first-order valence-electron chi connectivity index (χ1n) is 8.83. The summed E-state index contributed by atoms with van der Waals surface area (Å²) in [5.41, 5.74) is 7.00. The Labute approximate surface area is 160 Å². The molecule has 0 saturated heterocycles. The molecule has 0 radical (unpaired) electrons. The van der Waals surface area contributed by atoms with Crippen LogP contribution in [0.4, 0.5) is 4.39 Å². The fourth-order valence-electron chi connectivity index (χ4n) is 3.37. The third-order valence-corrected chi connectivity index (χ3v) is 5.18. The van der Waals surface area contributed by atoms with E-state index in [9.17, 15) is 19.2 Å². The summed E-state index contributed by atoms with van der Waals surface area (Å²) in [6.07, 6.45) is 0.983. The van der Waals surface area contributed by atoms with Crippen molar-refractivity contribution in [3.05, 3.63) is 65.6 Å². The second-order valence-electron chi connectivity index (χ2n) is 6.98. The molecule has 0 unspecified atom stereocenters. The standard InChI is InChI=1S/C21H17FN4O2/c22-15-3-6-18-14(9-15)10-17(11-23)26(18)16-4-1-13(2-5-16)12-25-20(28)21(7-8-21)19(24)27/h1-6,9-10H,7-8,12H2,(H2,24,27)(H,25,28). The van der Waals surface area contributed by atoms with E-state index in [0.717, 1.165) is 16.8 Å². The lowest BCUT2D eigenvalue weighted by Gasteiger charge is -2.12. The van der Waals surface area contributed by atoms with Gasteiger partial charge in [-0.25, -0.2) is 4.39 Å². The van der Waals surface area contributed by atoms with E-state index >= 15 is 0 Å². The zero-order chi connectivity index (χ0) is 19.9. The van der Waals surface area contributed by atoms with E-state index in [1.807, 2.05) is 24.3 Å². The van der Waals surface area contributed by atoms with Crippen molar-refractivity contribution >= 4 is 22.7 Å². The number of nitrogens with one attached hydrogen (secondary N) is 1. The maximum Gasteiger partial charge on any atom is 0.235 e. The molecule has 7 heteroatoms. The second-order valence-corrected chi connectivity index (χ2v) is 6.98. The lowest BCUT2D eigenvalue weighted by molar-refractivity contribution is -0.135. The third-order valence-electron chi connectivity index (χ3n) is 5.18. The molecule has 3 N–H and O–H groups in total. The van der Waals surface area contributed by atoms with Crippen LogP contribution in [0.15, 0.2) is 48.5 Å². The first kappa shape index (κ1) is 17.7. The summed E-state index contributed by atoms with van der Waals surface area (Å²) in [4.78, 5) is 23.6. The van der Waals surface area contributed by atoms with Crippen molar-refractivity contribution in [2.24, 2.45) is 11.1 Å². The highest BCUT2D eigenvalue weighted by atomic mass is 19.1. The Morgan fingerprint density at radius 1 is 1.18 bits per heavy atom. The van der Waals surface area contributed by atoms with Gasteiger partial charge in [0.25, 0.3) is 0 Å². The smallest absolute Gasteiger partial charge is 0.235 e. The first-order valence-corrected chi connectivity index (χ1v) is 8.83. The van der Waals surface area contributed by atoms with Gasteiger partial charge in [-0.3, -0.25) is 9.59 Å². The highest BCUT2D eigenvalue weighted by molar-refractivity contribution is 6.07. The van der Waals surface area contributed by atoms with Crippen LogP contribution in [0, 0.1) is 22.6 Å². The van der Waals surface area contributed by atoms with Crippen molar-refractivity contribution in [3.63, 3.8) is 0 Å². The monoisotopic (exact) mass is 376 g/mol. The highest BCUT2D eigenvalue weighted by Gasteiger charge is 2.55. The Hall–Kier alpha value is -3.66. The van der Waals surface area contributed by atoms with Crippen LogP contribution in [-0.2, 0) is 16.1 Å². The first-order chi connectivity index (χ1) is 13.4. The predicted octanol–water partition coefficient (Wildman–Crippen LogP) is 2.52. The number of hydrogen-bond acceptors (Lipinski definition) is 3. The van der Waals surface area contributed by atoms with Gasteiger partial charge in [-0.15, -0.1) is 0 Å². The number of hydrogen-bond donors (Lipinski definition) is 2. The van der Waals surface area contributed by atoms with Gasteiger partial charge in [-0.2, -0.15) is 5.26 Å². The van der Waals surface area contributed by atoms with Gasteiger partial charge in [0, 0.05) is 17.6 Å². The maximum atomic E-state index is 13.5. The molecular formula is C21H17FN4O2. The Bertz CT molecular complexity index is 1140. The van der Waals surface area contributed by atoms with Gasteiger partial charge >= 0.3 is 0 Å². The molecule has 1 aliphatic rings. The number of benzene rings is 2. The average molecular weight is 376 g/mol. The third kappa shape index (κ3) is 2.89. The number of rotatable bonds is 5. The van der Waals surface area contributed by atoms with Gasteiger partial charge in [0.05, 0.1) is 5.52 Å². The number of nitrogens with two attached hydrogens (primary N) is 1. The topological polar surface area (TPSA) is 101 Å². The lowest BCUT2D eigenvalue weighted by atomic mass is 10.1. The molecule has 0 bridgehead atoms. The Kier molecular flexibility index (Phi) is 4.12. The van der Waals surface area contributed by atoms with Crippen LogP contribution in [0.1, 0.15) is 24.1 Å². The van der Waals surface area contributed by atoms with E-state index in [4.69, 9.17) is 5.73 Å².